The fourth-order valence-electron chi connectivity index (χ4n) is 2.92. The van der Waals surface area contributed by atoms with Gasteiger partial charge in [-0.25, -0.2) is 0 Å². The van der Waals surface area contributed by atoms with Gasteiger partial charge in [-0.15, -0.1) is 0 Å². The van der Waals surface area contributed by atoms with Crippen molar-refractivity contribution in [3.05, 3.63) is 34.9 Å². The summed E-state index contributed by atoms with van der Waals surface area (Å²) in [4.78, 5) is 14.4. The van der Waals surface area contributed by atoms with Crippen molar-refractivity contribution < 1.29 is 9.32 Å². The van der Waals surface area contributed by atoms with E-state index >= 15 is 0 Å². The summed E-state index contributed by atoms with van der Waals surface area (Å²) < 4.78 is 6.86. The molecule has 3 rings (SSSR count). The molecule has 6 nitrogen and oxygen atoms in total. The third-order valence-corrected chi connectivity index (χ3v) is 4.47. The lowest BCUT2D eigenvalue weighted by molar-refractivity contribution is -0.132. The van der Waals surface area contributed by atoms with Gasteiger partial charge in [0.15, 0.2) is 0 Å². The summed E-state index contributed by atoms with van der Waals surface area (Å²) in [7, 11) is 0. The van der Waals surface area contributed by atoms with Gasteiger partial charge in [-0.3, -0.25) is 9.48 Å². The van der Waals surface area contributed by atoms with Crippen molar-refractivity contribution in [2.24, 2.45) is 0 Å². The van der Waals surface area contributed by atoms with E-state index in [0.717, 1.165) is 37.2 Å². The lowest BCUT2D eigenvalue weighted by Gasteiger charge is -2.33. The molecule has 1 atom stereocenters. The largest absolute Gasteiger partial charge is 0.344 e. The second-order valence-electron chi connectivity index (χ2n) is 5.64. The van der Waals surface area contributed by atoms with Gasteiger partial charge in [0.1, 0.15) is 0 Å². The van der Waals surface area contributed by atoms with Gasteiger partial charge in [-0.05, 0) is 43.9 Å². The second kappa shape index (κ2) is 6.52. The van der Waals surface area contributed by atoms with Gasteiger partial charge in [0.25, 0.3) is 0 Å². The molecule has 1 aliphatic heterocycles. The average Bonchev–Trinajstić information content (AvgIpc) is 3.16. The number of amides is 1. The molecule has 1 saturated heterocycles. The Hall–Kier alpha value is -1.82. The maximum atomic E-state index is 12.4. The van der Waals surface area contributed by atoms with Gasteiger partial charge in [0.05, 0.1) is 11.7 Å². The third-order valence-electron chi connectivity index (χ3n) is 4.17. The fourth-order valence-corrected chi connectivity index (χ4v) is 3.19. The monoisotopic (exact) mass is 322 g/mol. The van der Waals surface area contributed by atoms with Crippen LogP contribution in [0.3, 0.4) is 0 Å². The molecule has 1 fully saturated rings. The maximum Gasteiger partial charge on any atom is 0.229 e. The zero-order valence-corrected chi connectivity index (χ0v) is 13.3. The van der Waals surface area contributed by atoms with Crippen LogP contribution in [0.2, 0.25) is 5.22 Å². The number of likely N-dealkylation sites (tertiary alicyclic amines) is 1. The molecule has 0 saturated carbocycles. The Morgan fingerprint density at radius 3 is 3.09 bits per heavy atom. The van der Waals surface area contributed by atoms with Gasteiger partial charge in [-0.2, -0.15) is 5.10 Å². The van der Waals surface area contributed by atoms with Gasteiger partial charge < -0.3 is 9.42 Å². The van der Waals surface area contributed by atoms with Crippen LogP contribution in [0.15, 0.2) is 23.0 Å². The number of nitrogens with zero attached hydrogens (tertiary/aromatic N) is 4. The average molecular weight is 323 g/mol. The lowest BCUT2D eigenvalue weighted by atomic mass is 10.0. The van der Waals surface area contributed by atoms with E-state index in [1.54, 1.807) is 6.20 Å². The molecular weight excluding hydrogens is 304 g/mol. The Kier molecular flexibility index (Phi) is 4.47. The Bertz CT molecular complexity index is 619. The Balaban J connectivity index is 1.58. The Morgan fingerprint density at radius 1 is 1.55 bits per heavy atom. The zero-order valence-electron chi connectivity index (χ0n) is 12.5. The first-order valence-electron chi connectivity index (χ1n) is 7.52. The molecule has 22 heavy (non-hydrogen) atoms. The smallest absolute Gasteiger partial charge is 0.229 e. The Morgan fingerprint density at radius 2 is 2.41 bits per heavy atom. The van der Waals surface area contributed by atoms with E-state index in [1.807, 2.05) is 28.8 Å². The number of hydrogen-bond donors (Lipinski definition) is 0. The van der Waals surface area contributed by atoms with Crippen LogP contribution < -0.4 is 0 Å². The first-order chi connectivity index (χ1) is 10.6. The van der Waals surface area contributed by atoms with Gasteiger partial charge in [0.2, 0.25) is 11.1 Å². The standard InChI is InChI=1S/C15H19ClN4O2/c1-11-13(15(16)22-18-11)5-6-14(21)19-8-2-4-12(10-19)20-9-3-7-17-20/h3,7,9,12H,2,4-6,8,10H2,1H3. The molecule has 0 bridgehead atoms. The summed E-state index contributed by atoms with van der Waals surface area (Å²) in [6, 6.07) is 2.19. The van der Waals surface area contributed by atoms with E-state index < -0.39 is 0 Å². The first kappa shape index (κ1) is 15.1. The van der Waals surface area contributed by atoms with Crippen LogP contribution >= 0.6 is 11.6 Å². The number of halogens is 1. The quantitative estimate of drug-likeness (QED) is 0.868. The van der Waals surface area contributed by atoms with Crippen LogP contribution in [0.1, 0.15) is 36.6 Å². The zero-order chi connectivity index (χ0) is 15.5. The normalized spacial score (nSPS) is 18.6. The highest BCUT2D eigenvalue weighted by molar-refractivity contribution is 6.29. The summed E-state index contributed by atoms with van der Waals surface area (Å²) in [6.45, 7) is 3.37. The van der Waals surface area contributed by atoms with Crippen molar-refractivity contribution in [1.82, 2.24) is 19.8 Å². The number of hydrogen-bond acceptors (Lipinski definition) is 4. The summed E-state index contributed by atoms with van der Waals surface area (Å²) in [6.07, 6.45) is 6.78. The lowest BCUT2D eigenvalue weighted by Crippen LogP contribution is -2.40. The van der Waals surface area contributed by atoms with Gasteiger partial charge >= 0.3 is 0 Å². The molecule has 1 aliphatic rings. The molecule has 7 heteroatoms. The summed E-state index contributed by atoms with van der Waals surface area (Å²) in [5, 5.41) is 8.38. The molecule has 1 amide bonds. The SMILES string of the molecule is Cc1noc(Cl)c1CCC(=O)N1CCCC(n2cccn2)C1. The highest BCUT2D eigenvalue weighted by Gasteiger charge is 2.25. The number of carbonyl (C=O) groups is 1. The highest BCUT2D eigenvalue weighted by atomic mass is 35.5. The van der Waals surface area contributed by atoms with Crippen LogP contribution in [0.25, 0.3) is 0 Å². The second-order valence-corrected chi connectivity index (χ2v) is 5.99. The molecule has 0 radical (unpaired) electrons. The van der Waals surface area contributed by atoms with E-state index in [-0.39, 0.29) is 11.9 Å². The molecule has 3 heterocycles. The maximum absolute atomic E-state index is 12.4. The van der Waals surface area contributed by atoms with Crippen LogP contribution in [0, 0.1) is 6.92 Å². The third kappa shape index (κ3) is 3.16. The number of rotatable bonds is 4. The molecule has 0 spiro atoms. The van der Waals surface area contributed by atoms with Gasteiger partial charge in [-0.1, -0.05) is 5.16 Å². The summed E-state index contributed by atoms with van der Waals surface area (Å²) in [5.74, 6) is 0.147. The predicted octanol–water partition coefficient (Wildman–Crippen LogP) is 2.63. The van der Waals surface area contributed by atoms with E-state index in [9.17, 15) is 4.79 Å². The van der Waals surface area contributed by atoms with E-state index in [4.69, 9.17) is 16.1 Å². The molecule has 0 N–H and O–H groups in total. The molecule has 0 aromatic carbocycles. The van der Waals surface area contributed by atoms with Crippen molar-refractivity contribution in [3.8, 4) is 0 Å². The number of aromatic nitrogens is 3. The van der Waals surface area contributed by atoms with Crippen LogP contribution in [0.4, 0.5) is 0 Å². The first-order valence-corrected chi connectivity index (χ1v) is 7.90. The predicted molar refractivity (Wildman–Crippen MR) is 81.6 cm³/mol. The van der Waals surface area contributed by atoms with Crippen molar-refractivity contribution in [3.63, 3.8) is 0 Å². The summed E-state index contributed by atoms with van der Waals surface area (Å²) >= 11 is 5.94. The topological polar surface area (TPSA) is 64.2 Å². The van der Waals surface area contributed by atoms with Crippen LogP contribution in [-0.2, 0) is 11.2 Å². The molecular formula is C15H19ClN4O2. The minimum absolute atomic E-state index is 0.147. The Labute approximate surface area is 134 Å². The fraction of sp³-hybridized carbons (Fsp3) is 0.533. The minimum Gasteiger partial charge on any atom is -0.344 e. The summed E-state index contributed by atoms with van der Waals surface area (Å²) in [5.41, 5.74) is 1.58. The molecule has 118 valence electrons. The number of carbonyl (C=O) groups excluding carboxylic acids is 1. The minimum atomic E-state index is 0.147. The molecule has 2 aromatic rings. The van der Waals surface area contributed by atoms with Crippen LogP contribution in [-0.4, -0.2) is 38.8 Å². The van der Waals surface area contributed by atoms with Crippen LogP contribution in [0.5, 0.6) is 0 Å². The van der Waals surface area contributed by atoms with E-state index in [2.05, 4.69) is 10.3 Å². The van der Waals surface area contributed by atoms with Crippen molar-refractivity contribution >= 4 is 17.5 Å². The molecule has 0 aliphatic carbocycles. The highest BCUT2D eigenvalue weighted by Crippen LogP contribution is 2.23. The van der Waals surface area contributed by atoms with Crippen molar-refractivity contribution in [2.45, 2.75) is 38.6 Å². The molecule has 1 unspecified atom stereocenters. The number of aryl methyl sites for hydroxylation is 1. The van der Waals surface area contributed by atoms with Crippen molar-refractivity contribution in [2.75, 3.05) is 13.1 Å². The van der Waals surface area contributed by atoms with Crippen molar-refractivity contribution in [1.29, 1.82) is 0 Å². The van der Waals surface area contributed by atoms with E-state index in [0.29, 0.717) is 18.1 Å². The van der Waals surface area contributed by atoms with E-state index in [1.165, 1.54) is 0 Å². The van der Waals surface area contributed by atoms with Gasteiger partial charge in [0, 0.05) is 37.5 Å². The molecule has 2 aromatic heterocycles. The number of piperidine rings is 1.